The summed E-state index contributed by atoms with van der Waals surface area (Å²) in [5.41, 5.74) is 5.18. The molecule has 1 aliphatic rings. The molecular weight excluding hydrogens is 298 g/mol. The molecule has 0 saturated carbocycles. The van der Waals surface area contributed by atoms with Crippen LogP contribution in [0.4, 0.5) is 0 Å². The fraction of sp³-hybridized carbons (Fsp3) is 0.190. The van der Waals surface area contributed by atoms with Gasteiger partial charge in [0.25, 0.3) is 0 Å². The van der Waals surface area contributed by atoms with Crippen LogP contribution in [-0.4, -0.2) is 35.2 Å². The molecule has 3 aromatic rings. The third-order valence-corrected chi connectivity index (χ3v) is 4.78. The Labute approximate surface area is 140 Å². The summed E-state index contributed by atoms with van der Waals surface area (Å²) in [5, 5.41) is 21.2. The molecule has 0 atom stereocenters. The van der Waals surface area contributed by atoms with E-state index in [-0.39, 0.29) is 13.2 Å². The van der Waals surface area contributed by atoms with Crippen molar-refractivity contribution in [3.8, 4) is 22.3 Å². The molecule has 120 valence electrons. The zero-order chi connectivity index (χ0) is 16.7. The maximum atomic E-state index is 9.42. The molecule has 0 unspecified atom stereocenters. The van der Waals surface area contributed by atoms with Crippen LogP contribution < -0.4 is 0 Å². The fourth-order valence-corrected chi connectivity index (χ4v) is 3.30. The van der Waals surface area contributed by atoms with Crippen molar-refractivity contribution in [3.05, 3.63) is 60.2 Å². The van der Waals surface area contributed by atoms with Gasteiger partial charge in [-0.2, -0.15) is 0 Å². The Hall–Kier alpha value is -2.49. The monoisotopic (exact) mass is 317 g/mol. The third-order valence-electron chi connectivity index (χ3n) is 4.78. The van der Waals surface area contributed by atoms with Crippen LogP contribution in [0.2, 0.25) is 0 Å². The van der Waals surface area contributed by atoms with E-state index in [0.717, 1.165) is 10.9 Å². The molecule has 3 heteroatoms. The number of fused-ring (bicyclic) bond motifs is 3. The highest BCUT2D eigenvalue weighted by Gasteiger charge is 2.22. The lowest BCUT2D eigenvalue weighted by molar-refractivity contribution is 0.136. The SMILES string of the molecule is CC(CO)(CO)N=Cc1ccc2c3c(cccc13)-c1ccccc1-2. The number of benzene rings is 3. The molecule has 0 aromatic heterocycles. The maximum Gasteiger partial charge on any atom is 0.104 e. The first-order valence-corrected chi connectivity index (χ1v) is 8.09. The Kier molecular flexibility index (Phi) is 3.48. The summed E-state index contributed by atoms with van der Waals surface area (Å²) in [4.78, 5) is 4.42. The maximum absolute atomic E-state index is 9.42. The molecule has 2 N–H and O–H groups in total. The predicted molar refractivity (Wildman–Crippen MR) is 98.5 cm³/mol. The molecule has 3 nitrogen and oxygen atoms in total. The van der Waals surface area contributed by atoms with Crippen LogP contribution in [0, 0.1) is 0 Å². The van der Waals surface area contributed by atoms with Crippen molar-refractivity contribution in [1.82, 2.24) is 0 Å². The van der Waals surface area contributed by atoms with E-state index in [1.54, 1.807) is 13.1 Å². The first kappa shape index (κ1) is 15.1. The number of hydrogen-bond donors (Lipinski definition) is 2. The number of nitrogens with zero attached hydrogens (tertiary/aromatic N) is 1. The third kappa shape index (κ3) is 2.17. The van der Waals surface area contributed by atoms with Crippen molar-refractivity contribution >= 4 is 17.0 Å². The second-order valence-corrected chi connectivity index (χ2v) is 6.55. The average molecular weight is 317 g/mol. The van der Waals surface area contributed by atoms with E-state index >= 15 is 0 Å². The van der Waals surface area contributed by atoms with Crippen LogP contribution in [0.25, 0.3) is 33.0 Å². The van der Waals surface area contributed by atoms with E-state index in [0.29, 0.717) is 0 Å². The van der Waals surface area contributed by atoms with Gasteiger partial charge in [-0.25, -0.2) is 0 Å². The van der Waals surface area contributed by atoms with Gasteiger partial charge in [0, 0.05) is 11.8 Å². The van der Waals surface area contributed by atoms with Crippen molar-refractivity contribution in [2.75, 3.05) is 13.2 Å². The van der Waals surface area contributed by atoms with E-state index in [1.165, 1.54) is 27.6 Å². The number of hydrogen-bond acceptors (Lipinski definition) is 3. The molecule has 0 amide bonds. The second kappa shape index (κ2) is 5.55. The van der Waals surface area contributed by atoms with E-state index in [2.05, 4.69) is 59.6 Å². The van der Waals surface area contributed by atoms with Gasteiger partial charge in [-0.1, -0.05) is 54.6 Å². The smallest absolute Gasteiger partial charge is 0.104 e. The molecule has 0 bridgehead atoms. The Bertz CT molecular complexity index is 926. The van der Waals surface area contributed by atoms with Crippen molar-refractivity contribution in [1.29, 1.82) is 0 Å². The Morgan fingerprint density at radius 3 is 2.12 bits per heavy atom. The normalized spacial score (nSPS) is 13.0. The first-order chi connectivity index (χ1) is 11.7. The highest BCUT2D eigenvalue weighted by atomic mass is 16.3. The van der Waals surface area contributed by atoms with E-state index in [4.69, 9.17) is 0 Å². The minimum Gasteiger partial charge on any atom is -0.394 e. The highest BCUT2D eigenvalue weighted by Crippen LogP contribution is 2.47. The molecule has 0 heterocycles. The summed E-state index contributed by atoms with van der Waals surface area (Å²) in [7, 11) is 0. The zero-order valence-electron chi connectivity index (χ0n) is 13.5. The van der Waals surface area contributed by atoms with Gasteiger partial charge in [-0.05, 0) is 39.9 Å². The number of aliphatic hydroxyl groups excluding tert-OH is 2. The molecule has 1 aliphatic carbocycles. The average Bonchev–Trinajstić information content (AvgIpc) is 2.97. The molecule has 3 aromatic carbocycles. The standard InChI is InChI=1S/C21H19NO2/c1-21(12-23,13-24)22-11-14-9-10-19-17-6-3-2-5-16(17)18-8-4-7-15(14)20(18)19/h2-11,23-24H,12-13H2,1H3. The van der Waals surface area contributed by atoms with E-state index < -0.39 is 5.54 Å². The van der Waals surface area contributed by atoms with Crippen molar-refractivity contribution in [3.63, 3.8) is 0 Å². The molecule has 0 fully saturated rings. The topological polar surface area (TPSA) is 52.8 Å². The molecule has 0 aliphatic heterocycles. The Morgan fingerprint density at radius 2 is 1.46 bits per heavy atom. The largest absolute Gasteiger partial charge is 0.394 e. The molecule has 0 radical (unpaired) electrons. The van der Waals surface area contributed by atoms with Gasteiger partial charge in [0.15, 0.2) is 0 Å². The van der Waals surface area contributed by atoms with Gasteiger partial charge in [0.05, 0.1) is 13.2 Å². The quantitative estimate of drug-likeness (QED) is 0.565. The van der Waals surface area contributed by atoms with Gasteiger partial charge in [0.2, 0.25) is 0 Å². The van der Waals surface area contributed by atoms with E-state index in [1.807, 2.05) is 0 Å². The number of aliphatic imine (C=N–C) groups is 1. The van der Waals surface area contributed by atoms with Crippen LogP contribution in [-0.2, 0) is 0 Å². The molecular formula is C21H19NO2. The predicted octanol–water partition coefficient (Wildman–Crippen LogP) is 3.65. The van der Waals surface area contributed by atoms with Crippen LogP contribution in [0.5, 0.6) is 0 Å². The summed E-state index contributed by atoms with van der Waals surface area (Å²) in [6.45, 7) is 1.36. The van der Waals surface area contributed by atoms with Crippen molar-refractivity contribution < 1.29 is 10.2 Å². The van der Waals surface area contributed by atoms with Crippen molar-refractivity contribution in [2.24, 2.45) is 4.99 Å². The van der Waals surface area contributed by atoms with Crippen LogP contribution in [0.15, 0.2) is 59.6 Å². The minimum absolute atomic E-state index is 0.188. The molecule has 24 heavy (non-hydrogen) atoms. The molecule has 0 spiro atoms. The fourth-order valence-electron chi connectivity index (χ4n) is 3.30. The summed E-state index contributed by atoms with van der Waals surface area (Å²) in [6.07, 6.45) is 1.76. The Balaban J connectivity index is 1.91. The summed E-state index contributed by atoms with van der Waals surface area (Å²) >= 11 is 0. The van der Waals surface area contributed by atoms with Gasteiger partial charge in [-0.3, -0.25) is 4.99 Å². The summed E-state index contributed by atoms with van der Waals surface area (Å²) < 4.78 is 0. The summed E-state index contributed by atoms with van der Waals surface area (Å²) in [5.74, 6) is 0. The van der Waals surface area contributed by atoms with Crippen molar-refractivity contribution in [2.45, 2.75) is 12.5 Å². The number of aliphatic hydroxyl groups is 2. The highest BCUT2D eigenvalue weighted by molar-refractivity contribution is 6.18. The van der Waals surface area contributed by atoms with Gasteiger partial charge in [0.1, 0.15) is 5.54 Å². The lowest BCUT2D eigenvalue weighted by Gasteiger charge is -2.19. The van der Waals surface area contributed by atoms with Crippen LogP contribution >= 0.6 is 0 Å². The summed E-state index contributed by atoms with van der Waals surface area (Å²) in [6, 6.07) is 19.0. The molecule has 4 rings (SSSR count). The molecule has 0 saturated heterocycles. The van der Waals surface area contributed by atoms with Gasteiger partial charge in [-0.15, -0.1) is 0 Å². The Morgan fingerprint density at radius 1 is 0.833 bits per heavy atom. The van der Waals surface area contributed by atoms with Gasteiger partial charge < -0.3 is 10.2 Å². The van der Waals surface area contributed by atoms with Gasteiger partial charge >= 0.3 is 0 Å². The minimum atomic E-state index is -0.855. The second-order valence-electron chi connectivity index (χ2n) is 6.55. The zero-order valence-corrected chi connectivity index (χ0v) is 13.5. The van der Waals surface area contributed by atoms with E-state index in [9.17, 15) is 10.2 Å². The van der Waals surface area contributed by atoms with Crippen LogP contribution in [0.3, 0.4) is 0 Å². The number of rotatable bonds is 4. The first-order valence-electron chi connectivity index (χ1n) is 8.09. The van der Waals surface area contributed by atoms with Crippen LogP contribution in [0.1, 0.15) is 12.5 Å². The lowest BCUT2D eigenvalue weighted by Crippen LogP contribution is -2.31. The lowest BCUT2D eigenvalue weighted by atomic mass is 9.98.